The van der Waals surface area contributed by atoms with Crippen molar-refractivity contribution in [1.82, 2.24) is 5.43 Å². The Kier molecular flexibility index (Phi) is 5.22. The third-order valence-corrected chi connectivity index (χ3v) is 3.82. The number of nitrogens with zero attached hydrogens (tertiary/aromatic N) is 1. The second-order valence-electron chi connectivity index (χ2n) is 5.64. The van der Waals surface area contributed by atoms with Crippen LogP contribution in [0.2, 0.25) is 0 Å². The van der Waals surface area contributed by atoms with E-state index in [1.54, 1.807) is 30.3 Å². The van der Waals surface area contributed by atoms with Crippen molar-refractivity contribution in [3.05, 3.63) is 77.4 Å². The van der Waals surface area contributed by atoms with Crippen molar-refractivity contribution in [2.75, 3.05) is 0 Å². The van der Waals surface area contributed by atoms with Crippen LogP contribution in [0.1, 0.15) is 21.5 Å². The molecule has 0 unspecified atom stereocenters. The summed E-state index contributed by atoms with van der Waals surface area (Å²) >= 11 is 0. The average molecular weight is 354 g/mol. The van der Waals surface area contributed by atoms with Crippen LogP contribution < -0.4 is 10.2 Å². The molecule has 0 spiro atoms. The van der Waals surface area contributed by atoms with Crippen LogP contribution >= 0.6 is 0 Å². The van der Waals surface area contributed by atoms with Crippen LogP contribution in [0.5, 0.6) is 5.75 Å². The zero-order valence-corrected chi connectivity index (χ0v) is 13.9. The normalized spacial score (nSPS) is 11.2. The van der Waals surface area contributed by atoms with E-state index in [1.807, 2.05) is 31.2 Å². The molecule has 0 aromatic heterocycles. The number of hydrogen-bond acceptors (Lipinski definition) is 3. The Balaban J connectivity index is 1.87. The summed E-state index contributed by atoms with van der Waals surface area (Å²) in [4.78, 5) is 12.1. The SMILES string of the molecule is Cc1ccc(C(=O)N/N=C\c2c(OC(F)F)ccc3ccccc23)cc1. The van der Waals surface area contributed by atoms with Crippen LogP contribution in [0.25, 0.3) is 10.8 Å². The minimum atomic E-state index is -2.95. The Bertz CT molecular complexity index is 954. The summed E-state index contributed by atoms with van der Waals surface area (Å²) in [5.41, 5.74) is 4.26. The lowest BCUT2D eigenvalue weighted by Crippen LogP contribution is -2.17. The summed E-state index contributed by atoms with van der Waals surface area (Å²) in [6.45, 7) is -1.03. The summed E-state index contributed by atoms with van der Waals surface area (Å²) in [7, 11) is 0. The molecule has 0 saturated carbocycles. The predicted octanol–water partition coefficient (Wildman–Crippen LogP) is 4.51. The van der Waals surface area contributed by atoms with Gasteiger partial charge in [0, 0.05) is 11.1 Å². The summed E-state index contributed by atoms with van der Waals surface area (Å²) < 4.78 is 29.9. The van der Waals surface area contributed by atoms with Crippen molar-refractivity contribution >= 4 is 22.9 Å². The molecule has 1 N–H and O–H groups in total. The number of hydrazone groups is 1. The number of aryl methyl sites for hydroxylation is 1. The zero-order valence-electron chi connectivity index (χ0n) is 13.9. The number of alkyl halides is 2. The van der Waals surface area contributed by atoms with Gasteiger partial charge >= 0.3 is 6.61 Å². The molecule has 6 heteroatoms. The van der Waals surface area contributed by atoms with Gasteiger partial charge in [0.25, 0.3) is 5.91 Å². The molecule has 0 bridgehead atoms. The summed E-state index contributed by atoms with van der Waals surface area (Å²) in [5.74, 6) is -0.398. The average Bonchev–Trinajstić information content (AvgIpc) is 2.63. The number of nitrogens with one attached hydrogen (secondary N) is 1. The third kappa shape index (κ3) is 4.03. The van der Waals surface area contributed by atoms with Gasteiger partial charge in [-0.15, -0.1) is 0 Å². The molecule has 3 aromatic carbocycles. The van der Waals surface area contributed by atoms with E-state index in [-0.39, 0.29) is 5.75 Å². The maximum absolute atomic E-state index is 12.7. The lowest BCUT2D eigenvalue weighted by Gasteiger charge is -2.10. The number of halogens is 2. The van der Waals surface area contributed by atoms with Crippen LogP contribution in [0.3, 0.4) is 0 Å². The highest BCUT2D eigenvalue weighted by Gasteiger charge is 2.12. The van der Waals surface area contributed by atoms with Crippen LogP contribution in [-0.4, -0.2) is 18.7 Å². The molecule has 0 atom stereocenters. The van der Waals surface area contributed by atoms with Crippen molar-refractivity contribution in [2.24, 2.45) is 5.10 Å². The molecular formula is C20H16F2N2O2. The highest BCUT2D eigenvalue weighted by Crippen LogP contribution is 2.27. The largest absolute Gasteiger partial charge is 0.434 e. The molecular weight excluding hydrogens is 338 g/mol. The zero-order chi connectivity index (χ0) is 18.5. The molecule has 0 saturated heterocycles. The van der Waals surface area contributed by atoms with E-state index in [0.29, 0.717) is 16.5 Å². The van der Waals surface area contributed by atoms with Crippen LogP contribution in [0.4, 0.5) is 8.78 Å². The van der Waals surface area contributed by atoms with Crippen molar-refractivity contribution < 1.29 is 18.3 Å². The fourth-order valence-corrected chi connectivity index (χ4v) is 2.53. The number of carbonyl (C=O) groups is 1. The van der Waals surface area contributed by atoms with Gasteiger partial charge < -0.3 is 4.74 Å². The molecule has 3 rings (SSSR count). The number of rotatable bonds is 5. The Morgan fingerprint density at radius 1 is 1.08 bits per heavy atom. The van der Waals surface area contributed by atoms with Gasteiger partial charge in [-0.25, -0.2) is 5.43 Å². The van der Waals surface area contributed by atoms with E-state index in [2.05, 4.69) is 15.3 Å². The Hall–Kier alpha value is -3.28. The first kappa shape index (κ1) is 17.5. The van der Waals surface area contributed by atoms with Gasteiger partial charge in [0.2, 0.25) is 0 Å². The van der Waals surface area contributed by atoms with Gasteiger partial charge in [-0.05, 0) is 35.9 Å². The van der Waals surface area contributed by atoms with Crippen LogP contribution in [0, 0.1) is 6.92 Å². The monoisotopic (exact) mass is 354 g/mol. The molecule has 1 amide bonds. The van der Waals surface area contributed by atoms with E-state index < -0.39 is 12.5 Å². The van der Waals surface area contributed by atoms with Crippen molar-refractivity contribution in [3.8, 4) is 5.75 Å². The molecule has 3 aromatic rings. The second kappa shape index (κ2) is 7.74. The van der Waals surface area contributed by atoms with E-state index in [0.717, 1.165) is 10.9 Å². The van der Waals surface area contributed by atoms with E-state index in [1.165, 1.54) is 12.3 Å². The van der Waals surface area contributed by atoms with Crippen LogP contribution in [-0.2, 0) is 0 Å². The number of amides is 1. The summed E-state index contributed by atoms with van der Waals surface area (Å²) in [5, 5.41) is 5.45. The second-order valence-corrected chi connectivity index (χ2v) is 5.64. The highest BCUT2D eigenvalue weighted by atomic mass is 19.3. The molecule has 0 fully saturated rings. The number of benzene rings is 3. The maximum atomic E-state index is 12.7. The topological polar surface area (TPSA) is 50.7 Å². The first-order chi connectivity index (χ1) is 12.5. The van der Waals surface area contributed by atoms with E-state index in [4.69, 9.17) is 0 Å². The van der Waals surface area contributed by atoms with Gasteiger partial charge in [-0.1, -0.05) is 48.0 Å². The molecule has 0 heterocycles. The molecule has 0 radical (unpaired) electrons. The highest BCUT2D eigenvalue weighted by molar-refractivity contribution is 6.03. The van der Waals surface area contributed by atoms with Gasteiger partial charge in [0.1, 0.15) is 5.75 Å². The van der Waals surface area contributed by atoms with Crippen LogP contribution in [0.15, 0.2) is 65.8 Å². The first-order valence-corrected chi connectivity index (χ1v) is 7.91. The fraction of sp³-hybridized carbons (Fsp3) is 0.100. The summed E-state index contributed by atoms with van der Waals surface area (Å²) in [6, 6.07) is 17.4. The fourth-order valence-electron chi connectivity index (χ4n) is 2.53. The maximum Gasteiger partial charge on any atom is 0.387 e. The van der Waals surface area contributed by atoms with E-state index >= 15 is 0 Å². The lowest BCUT2D eigenvalue weighted by molar-refractivity contribution is -0.0498. The molecule has 132 valence electrons. The molecule has 0 aliphatic rings. The number of carbonyl (C=O) groups excluding carboxylic acids is 1. The summed E-state index contributed by atoms with van der Waals surface area (Å²) in [6.07, 6.45) is 1.31. The minimum Gasteiger partial charge on any atom is -0.434 e. The Morgan fingerprint density at radius 2 is 1.81 bits per heavy atom. The molecule has 0 aliphatic carbocycles. The minimum absolute atomic E-state index is 0.00738. The van der Waals surface area contributed by atoms with Crippen molar-refractivity contribution in [3.63, 3.8) is 0 Å². The van der Waals surface area contributed by atoms with Gasteiger partial charge in [0.15, 0.2) is 0 Å². The lowest BCUT2D eigenvalue weighted by atomic mass is 10.0. The number of ether oxygens (including phenoxy) is 1. The van der Waals surface area contributed by atoms with Gasteiger partial charge in [0.05, 0.1) is 6.21 Å². The quantitative estimate of drug-likeness (QED) is 0.541. The smallest absolute Gasteiger partial charge is 0.387 e. The molecule has 4 nitrogen and oxygen atoms in total. The van der Waals surface area contributed by atoms with Crippen molar-refractivity contribution in [2.45, 2.75) is 13.5 Å². The number of fused-ring (bicyclic) bond motifs is 1. The number of hydrogen-bond donors (Lipinski definition) is 1. The Morgan fingerprint density at radius 3 is 2.54 bits per heavy atom. The Labute approximate surface area is 149 Å². The molecule has 0 aliphatic heterocycles. The first-order valence-electron chi connectivity index (χ1n) is 7.91. The van der Waals surface area contributed by atoms with Crippen molar-refractivity contribution in [1.29, 1.82) is 0 Å². The van der Waals surface area contributed by atoms with E-state index in [9.17, 15) is 13.6 Å². The molecule has 26 heavy (non-hydrogen) atoms. The van der Waals surface area contributed by atoms with Gasteiger partial charge in [-0.2, -0.15) is 13.9 Å². The van der Waals surface area contributed by atoms with Gasteiger partial charge in [-0.3, -0.25) is 4.79 Å². The predicted molar refractivity (Wildman–Crippen MR) is 96.8 cm³/mol. The standard InChI is InChI=1S/C20H16F2N2O2/c1-13-6-8-15(9-7-13)19(25)24-23-12-17-16-5-3-2-4-14(16)10-11-18(17)26-20(21)22/h2-12,20H,1H3,(H,24,25)/b23-12-. The third-order valence-electron chi connectivity index (χ3n) is 3.82.